The van der Waals surface area contributed by atoms with E-state index in [1.165, 1.54) is 0 Å². The fourth-order valence-corrected chi connectivity index (χ4v) is 0.773. The Labute approximate surface area is 190 Å². The number of carboxylic acid groups (broad SMARTS) is 6. The number of rotatable bonds is 9. The molecule has 32 heavy (non-hydrogen) atoms. The number of hydrogen-bond donors (Lipinski definition) is 6. The molecular formula is C13H12O18Pd. The van der Waals surface area contributed by atoms with Gasteiger partial charge in [0.15, 0.2) is 0 Å². The first-order chi connectivity index (χ1) is 13.4. The van der Waals surface area contributed by atoms with Crippen molar-refractivity contribution in [3.63, 3.8) is 0 Å². The van der Waals surface area contributed by atoms with Crippen molar-refractivity contribution in [3.05, 3.63) is 7.43 Å². The first-order valence-corrected chi connectivity index (χ1v) is 6.73. The van der Waals surface area contributed by atoms with Crippen LogP contribution < -0.4 is 30.6 Å². The van der Waals surface area contributed by atoms with Crippen LogP contribution >= 0.6 is 0 Å². The molecule has 0 heterocycles. The van der Waals surface area contributed by atoms with Crippen LogP contribution in [0, 0.1) is 7.43 Å². The number of aliphatic hydroxyl groups excluding tert-OH is 6. The van der Waals surface area contributed by atoms with Crippen LogP contribution in [0.25, 0.3) is 0 Å². The summed E-state index contributed by atoms with van der Waals surface area (Å²) in [7, 11) is 0. The second-order valence-corrected chi connectivity index (χ2v) is 4.58. The summed E-state index contributed by atoms with van der Waals surface area (Å²) in [5.74, 6) is -12.4. The maximum absolute atomic E-state index is 9.63. The summed E-state index contributed by atoms with van der Waals surface area (Å²) in [5, 5.41) is 107. The molecule has 0 aromatic rings. The quantitative estimate of drug-likeness (QED) is 0.142. The minimum Gasteiger partial charge on any atom is -0.547 e. The van der Waals surface area contributed by atoms with Gasteiger partial charge in [-0.3, -0.25) is 0 Å². The second-order valence-electron chi connectivity index (χ2n) is 4.58. The third-order valence-corrected chi connectivity index (χ3v) is 2.35. The molecule has 0 saturated carbocycles. The van der Waals surface area contributed by atoms with Gasteiger partial charge in [0.05, 0.1) is 35.8 Å². The number of carbonyl (C=O) groups excluding carboxylic acids is 6. The van der Waals surface area contributed by atoms with Crippen molar-refractivity contribution >= 4 is 35.8 Å². The van der Waals surface area contributed by atoms with Crippen molar-refractivity contribution < 1.29 is 110 Å². The molecule has 0 rings (SSSR count). The van der Waals surface area contributed by atoms with E-state index in [9.17, 15) is 59.4 Å². The molecule has 0 aliphatic carbocycles. The monoisotopic (exact) mass is 562 g/mol. The molecule has 0 radical (unpaired) electrons. The van der Waals surface area contributed by atoms with Crippen molar-refractivity contribution in [2.24, 2.45) is 0 Å². The molecule has 0 aliphatic rings. The van der Waals surface area contributed by atoms with Crippen LogP contribution in [0.15, 0.2) is 0 Å². The van der Waals surface area contributed by atoms with Crippen molar-refractivity contribution in [1.29, 1.82) is 0 Å². The third-order valence-electron chi connectivity index (χ3n) is 2.35. The SMILES string of the molecule is O=C([O-])C(O)C(O)C(=O)[O-].O=C([O-])C(O)C(O)C(=O)[O-].O=C([O-])C(O)C(O)C(=O)[O-].[C+4].[Pd+2]. The number of aliphatic hydroxyl groups is 6. The van der Waals surface area contributed by atoms with Crippen molar-refractivity contribution in [2.75, 3.05) is 0 Å². The maximum Gasteiger partial charge on any atom is 4.00 e. The van der Waals surface area contributed by atoms with E-state index < -0.39 is 72.4 Å². The molecule has 0 amide bonds. The minimum atomic E-state index is -2.44. The predicted molar refractivity (Wildman–Crippen MR) is 69.3 cm³/mol. The topological polar surface area (TPSA) is 362 Å². The summed E-state index contributed by atoms with van der Waals surface area (Å²) in [6, 6.07) is 0. The van der Waals surface area contributed by atoms with Gasteiger partial charge in [0.1, 0.15) is 36.6 Å². The molecule has 0 saturated heterocycles. The molecule has 18 nitrogen and oxygen atoms in total. The molecule has 6 unspecified atom stereocenters. The van der Waals surface area contributed by atoms with E-state index in [1.54, 1.807) is 0 Å². The van der Waals surface area contributed by atoms with Crippen LogP contribution in [0.5, 0.6) is 0 Å². The first kappa shape index (κ1) is 39.7. The zero-order chi connectivity index (χ0) is 24.9. The number of aliphatic carboxylic acids is 6. The molecule has 6 N–H and O–H groups in total. The smallest absolute Gasteiger partial charge is 0.547 e. The van der Waals surface area contributed by atoms with Gasteiger partial charge in [-0.05, 0) is 0 Å². The van der Waals surface area contributed by atoms with Gasteiger partial charge in [-0.1, -0.05) is 0 Å². The Morgan fingerprint density at radius 2 is 0.438 bits per heavy atom. The van der Waals surface area contributed by atoms with Gasteiger partial charge in [0.2, 0.25) is 0 Å². The summed E-state index contributed by atoms with van der Waals surface area (Å²) in [5.41, 5.74) is 0. The predicted octanol–water partition coefficient (Wildman–Crippen LogP) is -14.3. The molecule has 0 aliphatic heterocycles. The largest absolute Gasteiger partial charge is 4.00 e. The Hall–Kier alpha value is -2.76. The van der Waals surface area contributed by atoms with Crippen LogP contribution in [0.2, 0.25) is 0 Å². The van der Waals surface area contributed by atoms with E-state index in [0.717, 1.165) is 0 Å². The summed E-state index contributed by atoms with van der Waals surface area (Å²) in [6.45, 7) is 0. The van der Waals surface area contributed by atoms with Gasteiger partial charge in [-0.25, -0.2) is 0 Å². The zero-order valence-corrected chi connectivity index (χ0v) is 16.4. The number of carbonyl (C=O) groups is 6. The Bertz CT molecular complexity index is 495. The fraction of sp³-hybridized carbons (Fsp3) is 0.462. The van der Waals surface area contributed by atoms with Crippen LogP contribution in [0.1, 0.15) is 0 Å². The summed E-state index contributed by atoms with van der Waals surface area (Å²) >= 11 is 0. The second kappa shape index (κ2) is 19.0. The number of hydrogen-bond acceptors (Lipinski definition) is 18. The Kier molecular flexibility index (Phi) is 23.5. The standard InChI is InChI=1S/3C4H6O6.C.Pd/c3*5-1(3(7)8)2(6)4(9)10;;/h3*1-2,5-6H,(H,7,8)(H,9,10);;/q;;;+4;+2/p-6. The van der Waals surface area contributed by atoms with E-state index in [0.29, 0.717) is 0 Å². The molecule has 6 atom stereocenters. The maximum atomic E-state index is 9.63. The van der Waals surface area contributed by atoms with Gasteiger partial charge < -0.3 is 90.0 Å². The van der Waals surface area contributed by atoms with Crippen LogP contribution in [-0.2, 0) is 49.2 Å². The Balaban J connectivity index is -0.000000110. The van der Waals surface area contributed by atoms with E-state index in [2.05, 4.69) is 0 Å². The van der Waals surface area contributed by atoms with E-state index in [-0.39, 0.29) is 27.8 Å². The average Bonchev–Trinajstić information content (AvgIpc) is 2.64. The Morgan fingerprint density at radius 1 is 0.375 bits per heavy atom. The van der Waals surface area contributed by atoms with Gasteiger partial charge >= 0.3 is 27.8 Å². The zero-order valence-electron chi connectivity index (χ0n) is 14.9. The third kappa shape index (κ3) is 17.0. The van der Waals surface area contributed by atoms with Gasteiger partial charge in [0.25, 0.3) is 0 Å². The molecule has 182 valence electrons. The molecule has 0 spiro atoms. The van der Waals surface area contributed by atoms with Crippen LogP contribution in [0.3, 0.4) is 0 Å². The van der Waals surface area contributed by atoms with E-state index in [4.69, 9.17) is 30.6 Å². The molecular weight excluding hydrogens is 551 g/mol. The number of carboxylic acids is 6. The fourth-order valence-electron chi connectivity index (χ4n) is 0.773. The summed E-state index contributed by atoms with van der Waals surface area (Å²) in [4.78, 5) is 57.8. The molecule has 0 bridgehead atoms. The van der Waals surface area contributed by atoms with Crippen LogP contribution in [0.4, 0.5) is 0 Å². The van der Waals surface area contributed by atoms with E-state index in [1.807, 2.05) is 0 Å². The normalized spacial score (nSPS) is 14.8. The summed E-state index contributed by atoms with van der Waals surface area (Å²) in [6.07, 6.45) is -14.6. The molecule has 0 aromatic heterocycles. The van der Waals surface area contributed by atoms with E-state index >= 15 is 0 Å². The van der Waals surface area contributed by atoms with Crippen LogP contribution in [-0.4, -0.2) is 103 Å². The first-order valence-electron chi connectivity index (χ1n) is 6.73. The molecule has 0 fully saturated rings. The summed E-state index contributed by atoms with van der Waals surface area (Å²) < 4.78 is 0. The van der Waals surface area contributed by atoms with Crippen molar-refractivity contribution in [2.45, 2.75) is 36.6 Å². The minimum absolute atomic E-state index is 0. The molecule has 19 heteroatoms. The Morgan fingerprint density at radius 3 is 0.469 bits per heavy atom. The van der Waals surface area contributed by atoms with Crippen molar-refractivity contribution in [3.8, 4) is 0 Å². The van der Waals surface area contributed by atoms with Crippen molar-refractivity contribution in [1.82, 2.24) is 0 Å². The van der Waals surface area contributed by atoms with Gasteiger partial charge in [-0.2, -0.15) is 0 Å². The van der Waals surface area contributed by atoms with Gasteiger partial charge in [-0.15, -0.1) is 0 Å². The average molecular weight is 563 g/mol. The molecule has 0 aromatic carbocycles. The van der Waals surface area contributed by atoms with Gasteiger partial charge in [0, 0.05) is 0 Å².